The third-order valence-corrected chi connectivity index (χ3v) is 11.5. The van der Waals surface area contributed by atoms with Crippen molar-refractivity contribution in [2.45, 2.75) is 82.7 Å². The van der Waals surface area contributed by atoms with Gasteiger partial charge in [0.2, 0.25) is 23.4 Å². The van der Waals surface area contributed by atoms with Gasteiger partial charge in [-0.2, -0.15) is 0 Å². The van der Waals surface area contributed by atoms with E-state index < -0.39 is 29.7 Å². The molecule has 0 radical (unpaired) electrons. The highest BCUT2D eigenvalue weighted by Gasteiger charge is 2.45. The number of nitrogens with one attached hydrogen (secondary N) is 3. The van der Waals surface area contributed by atoms with Crippen LogP contribution in [0.15, 0.2) is 48.5 Å². The molecule has 3 aromatic carbocycles. The van der Waals surface area contributed by atoms with Gasteiger partial charge in [-0.3, -0.25) is 43.9 Å². The Morgan fingerprint density at radius 1 is 0.815 bits per heavy atom. The lowest BCUT2D eigenvalue weighted by Gasteiger charge is -2.31. The zero-order valence-corrected chi connectivity index (χ0v) is 30.2. The van der Waals surface area contributed by atoms with Gasteiger partial charge in [-0.1, -0.05) is 23.7 Å². The quantitative estimate of drug-likeness (QED) is 0.239. The van der Waals surface area contributed by atoms with Crippen LogP contribution in [-0.4, -0.2) is 81.4 Å². The molecule has 3 aromatic rings. The van der Waals surface area contributed by atoms with Crippen LogP contribution < -0.4 is 16.0 Å². The summed E-state index contributed by atoms with van der Waals surface area (Å²) in [7, 11) is 0. The topological polar surface area (TPSA) is 153 Å². The first-order valence-corrected chi connectivity index (χ1v) is 18.7. The van der Waals surface area contributed by atoms with Crippen molar-refractivity contribution in [1.82, 2.24) is 25.3 Å². The predicted octanol–water partition coefficient (Wildman–Crippen LogP) is 4.35. The SMILES string of the molecule is [C-]#[N+]c1ccc(NC2CCC(NC(=O)c3ccc4c(c3)CCN(C(=O)CN3Cc5cc6c(cc5C3)C(=O)N(C3CCC(=O)NC3=O)C6=O)C4)CC2)cc1Cl. The first-order valence-electron chi connectivity index (χ1n) is 18.3. The summed E-state index contributed by atoms with van der Waals surface area (Å²) in [4.78, 5) is 85.4. The van der Waals surface area contributed by atoms with Crippen LogP contribution in [0.2, 0.25) is 5.02 Å². The second-order valence-electron chi connectivity index (χ2n) is 14.8. The summed E-state index contributed by atoms with van der Waals surface area (Å²) in [5.74, 6) is -2.26. The van der Waals surface area contributed by atoms with E-state index in [1.54, 1.807) is 24.3 Å². The Hall–Kier alpha value is -5.58. The Morgan fingerprint density at radius 3 is 2.19 bits per heavy atom. The maximum atomic E-state index is 13.5. The lowest BCUT2D eigenvalue weighted by atomic mass is 9.90. The summed E-state index contributed by atoms with van der Waals surface area (Å²) in [5, 5.41) is 9.35. The molecule has 4 aliphatic heterocycles. The molecule has 54 heavy (non-hydrogen) atoms. The maximum Gasteiger partial charge on any atom is 0.262 e. The number of imide groups is 2. The fraction of sp³-hybridized carbons (Fsp3) is 0.375. The monoisotopic (exact) mass is 747 g/mol. The van der Waals surface area contributed by atoms with Gasteiger partial charge in [0.15, 0.2) is 0 Å². The normalized spacial score (nSPS) is 22.3. The van der Waals surface area contributed by atoms with Gasteiger partial charge >= 0.3 is 0 Å². The van der Waals surface area contributed by atoms with E-state index in [1.807, 2.05) is 34.1 Å². The van der Waals surface area contributed by atoms with Crippen LogP contribution in [0, 0.1) is 6.57 Å². The fourth-order valence-electron chi connectivity index (χ4n) is 8.32. The zero-order chi connectivity index (χ0) is 37.7. The average Bonchev–Trinajstić information content (AvgIpc) is 3.66. The molecule has 1 atom stereocenters. The number of nitrogens with zero attached hydrogens (tertiary/aromatic N) is 4. The van der Waals surface area contributed by atoms with Crippen molar-refractivity contribution in [1.29, 1.82) is 0 Å². The van der Waals surface area contributed by atoms with Gasteiger partial charge in [-0.05, 0) is 97.2 Å². The van der Waals surface area contributed by atoms with Crippen LogP contribution in [0.1, 0.15) is 91.9 Å². The van der Waals surface area contributed by atoms with Crippen LogP contribution in [0.4, 0.5) is 11.4 Å². The molecule has 14 heteroatoms. The van der Waals surface area contributed by atoms with E-state index >= 15 is 0 Å². The number of benzene rings is 3. The van der Waals surface area contributed by atoms with E-state index in [1.165, 1.54) is 0 Å². The first kappa shape index (κ1) is 35.4. The fourth-order valence-corrected chi connectivity index (χ4v) is 8.55. The molecule has 8 rings (SSSR count). The van der Waals surface area contributed by atoms with Crippen molar-refractivity contribution in [2.75, 3.05) is 18.4 Å². The van der Waals surface area contributed by atoms with Gasteiger partial charge in [0.05, 0.1) is 24.2 Å². The molecule has 5 aliphatic rings. The molecule has 1 saturated carbocycles. The minimum absolute atomic E-state index is 0.0208. The van der Waals surface area contributed by atoms with Crippen LogP contribution >= 0.6 is 11.6 Å². The van der Waals surface area contributed by atoms with Crippen molar-refractivity contribution in [3.05, 3.63) is 104 Å². The van der Waals surface area contributed by atoms with Crippen molar-refractivity contribution in [3.63, 3.8) is 0 Å². The number of halogens is 1. The molecule has 2 fully saturated rings. The zero-order valence-electron chi connectivity index (χ0n) is 29.5. The van der Waals surface area contributed by atoms with Crippen molar-refractivity contribution in [3.8, 4) is 0 Å². The molecule has 276 valence electrons. The largest absolute Gasteiger partial charge is 0.382 e. The molecule has 1 aliphatic carbocycles. The van der Waals surface area contributed by atoms with Crippen LogP contribution in [-0.2, 0) is 40.4 Å². The third-order valence-electron chi connectivity index (χ3n) is 11.2. The van der Waals surface area contributed by atoms with Gasteiger partial charge in [0.1, 0.15) is 6.04 Å². The number of fused-ring (bicyclic) bond motifs is 3. The Bertz CT molecular complexity index is 2130. The summed E-state index contributed by atoms with van der Waals surface area (Å²) >= 11 is 6.19. The van der Waals surface area contributed by atoms with Gasteiger partial charge in [0, 0.05) is 61.0 Å². The summed E-state index contributed by atoms with van der Waals surface area (Å²) in [6.07, 6.45) is 4.30. The number of amides is 6. The van der Waals surface area contributed by atoms with E-state index in [9.17, 15) is 28.8 Å². The van der Waals surface area contributed by atoms with E-state index in [0.29, 0.717) is 48.9 Å². The minimum Gasteiger partial charge on any atom is -0.382 e. The molecule has 1 saturated heterocycles. The molecular weight excluding hydrogens is 710 g/mol. The molecular formula is C40H38ClN7O6. The summed E-state index contributed by atoms with van der Waals surface area (Å²) in [6, 6.07) is 13.8. The second-order valence-corrected chi connectivity index (χ2v) is 15.2. The molecule has 0 bridgehead atoms. The highest BCUT2D eigenvalue weighted by molar-refractivity contribution is 6.33. The maximum absolute atomic E-state index is 13.5. The molecule has 0 spiro atoms. The average molecular weight is 748 g/mol. The van der Waals surface area contributed by atoms with E-state index in [-0.39, 0.29) is 54.4 Å². The lowest BCUT2D eigenvalue weighted by molar-refractivity contribution is -0.136. The van der Waals surface area contributed by atoms with Gasteiger partial charge in [-0.15, -0.1) is 0 Å². The van der Waals surface area contributed by atoms with E-state index in [0.717, 1.165) is 58.5 Å². The number of piperidine rings is 1. The summed E-state index contributed by atoms with van der Waals surface area (Å²) in [6.45, 7) is 9.23. The highest BCUT2D eigenvalue weighted by atomic mass is 35.5. The minimum atomic E-state index is -1.01. The Balaban J connectivity index is 0.819. The summed E-state index contributed by atoms with van der Waals surface area (Å²) in [5.41, 5.74) is 6.22. The number of rotatable bonds is 7. The highest BCUT2D eigenvalue weighted by Crippen LogP contribution is 2.34. The van der Waals surface area contributed by atoms with Crippen LogP contribution in [0.5, 0.6) is 0 Å². The van der Waals surface area contributed by atoms with E-state index in [2.05, 4.69) is 20.8 Å². The van der Waals surface area contributed by atoms with Crippen LogP contribution in [0.25, 0.3) is 4.85 Å². The molecule has 3 N–H and O–H groups in total. The number of carbonyl (C=O) groups excluding carboxylic acids is 6. The van der Waals surface area contributed by atoms with E-state index in [4.69, 9.17) is 18.2 Å². The van der Waals surface area contributed by atoms with Gasteiger partial charge in [0.25, 0.3) is 17.7 Å². The molecule has 6 amide bonds. The number of hydrogen-bond acceptors (Lipinski definition) is 8. The first-order chi connectivity index (χ1) is 26.0. The molecule has 4 heterocycles. The second kappa shape index (κ2) is 14.3. The Labute approximate surface area is 316 Å². The Morgan fingerprint density at radius 2 is 1.52 bits per heavy atom. The molecule has 1 unspecified atom stereocenters. The van der Waals surface area contributed by atoms with Crippen molar-refractivity contribution >= 4 is 58.4 Å². The number of carbonyl (C=O) groups is 6. The molecule has 13 nitrogen and oxygen atoms in total. The van der Waals surface area contributed by atoms with Crippen molar-refractivity contribution < 1.29 is 28.8 Å². The van der Waals surface area contributed by atoms with Crippen molar-refractivity contribution in [2.24, 2.45) is 0 Å². The predicted molar refractivity (Wildman–Crippen MR) is 198 cm³/mol. The third kappa shape index (κ3) is 6.83. The lowest BCUT2D eigenvalue weighted by Crippen LogP contribution is -2.54. The van der Waals surface area contributed by atoms with Gasteiger partial charge < -0.3 is 15.5 Å². The summed E-state index contributed by atoms with van der Waals surface area (Å²) < 4.78 is 0. The smallest absolute Gasteiger partial charge is 0.262 e. The van der Waals surface area contributed by atoms with Crippen LogP contribution in [0.3, 0.4) is 0 Å². The molecule has 0 aromatic heterocycles. The standard InChI is InChI=1S/C40H38ClN7O6/c1-42-33-9-8-29(17-32(33)41)43-27-4-6-28(7-5-27)44-37(51)23-2-3-24-20-47(13-12-22(24)14-23)36(50)21-46-18-25-15-30-31(16-26(25)19-46)40(54)48(39(30)53)34-10-11-35(49)45-38(34)52/h2-3,8-9,14-17,27-28,34,43H,4-7,10-13,18-21H2,(H,44,51)(H,45,49,52). The Kier molecular flexibility index (Phi) is 9.41. The van der Waals surface area contributed by atoms with Gasteiger partial charge in [-0.25, -0.2) is 4.85 Å². The number of anilines is 1. The number of hydrogen-bond donors (Lipinski definition) is 3.